The van der Waals surface area contributed by atoms with E-state index in [1.165, 1.54) is 34.4 Å². The maximum atomic E-state index is 14.6. The number of thiophene rings is 1. The fourth-order valence-corrected chi connectivity index (χ4v) is 6.69. The SMILES string of the molecule is Cc1nc2cc(F)c(S(C)(=O)=O)c(C#N)c2c(=O)n1CCOc1ccc(Cl)cc1-c1ccnc2c(C(=O)O)csc12. The molecule has 1 N–H and O–H groups in total. The maximum Gasteiger partial charge on any atom is 0.338 e. The van der Waals surface area contributed by atoms with Crippen molar-refractivity contribution in [3.8, 4) is 22.9 Å². The van der Waals surface area contributed by atoms with E-state index in [-0.39, 0.29) is 35.4 Å². The van der Waals surface area contributed by atoms with E-state index in [0.717, 1.165) is 12.3 Å². The number of hydrogen-bond acceptors (Lipinski definition) is 9. The number of carbonyl (C=O) groups is 1. The second kappa shape index (κ2) is 10.5. The first-order valence-electron chi connectivity index (χ1n) is 11.8. The monoisotopic (exact) mass is 612 g/mol. The molecule has 0 aliphatic carbocycles. The number of aromatic nitrogens is 3. The van der Waals surface area contributed by atoms with E-state index in [1.807, 2.05) is 0 Å². The number of benzene rings is 2. The Labute approximate surface area is 240 Å². The third kappa shape index (κ3) is 5.01. The minimum atomic E-state index is -4.16. The summed E-state index contributed by atoms with van der Waals surface area (Å²) in [5.74, 6) is -1.66. The van der Waals surface area contributed by atoms with Gasteiger partial charge in [-0.1, -0.05) is 11.6 Å². The molecule has 2 aromatic carbocycles. The lowest BCUT2D eigenvalue weighted by Crippen LogP contribution is -2.27. The number of carboxylic acids is 1. The molecule has 0 aliphatic heterocycles. The minimum absolute atomic E-state index is 0.0416. The van der Waals surface area contributed by atoms with Crippen LogP contribution < -0.4 is 10.3 Å². The van der Waals surface area contributed by atoms with Gasteiger partial charge in [0.15, 0.2) is 9.84 Å². The Bertz CT molecular complexity index is 2120. The van der Waals surface area contributed by atoms with Gasteiger partial charge in [0.05, 0.1) is 38.8 Å². The number of fused-ring (bicyclic) bond motifs is 2. The number of ether oxygens (including phenoxy) is 1. The van der Waals surface area contributed by atoms with Gasteiger partial charge in [-0.3, -0.25) is 14.3 Å². The van der Waals surface area contributed by atoms with Crippen LogP contribution in [-0.4, -0.2) is 46.9 Å². The van der Waals surface area contributed by atoms with Crippen LogP contribution in [0.3, 0.4) is 0 Å². The molecule has 0 saturated heterocycles. The molecule has 10 nitrogen and oxygen atoms in total. The first-order valence-corrected chi connectivity index (χ1v) is 14.9. The molecule has 0 radical (unpaired) electrons. The third-order valence-corrected chi connectivity index (χ3v) is 8.70. The Balaban J connectivity index is 1.53. The molecule has 14 heteroatoms. The summed E-state index contributed by atoms with van der Waals surface area (Å²) < 4.78 is 46.8. The number of aryl methyl sites for hydroxylation is 1. The zero-order chi connectivity index (χ0) is 29.6. The number of aromatic carboxylic acids is 1. The lowest BCUT2D eigenvalue weighted by atomic mass is 10.0. The topological polar surface area (TPSA) is 152 Å². The van der Waals surface area contributed by atoms with Gasteiger partial charge in [-0.15, -0.1) is 11.3 Å². The van der Waals surface area contributed by atoms with Crippen molar-refractivity contribution in [1.82, 2.24) is 14.5 Å². The standard InChI is InChI=1S/C27H18ClFN4O6S2/c1-13-32-20-10-19(29)25(41(2,37)38)17(11-30)22(20)26(34)33(13)7-8-39-21-4-3-14(28)9-16(21)15-5-6-31-23-18(27(35)36)12-40-24(15)23/h3-6,9-10,12H,7-8H2,1-2H3,(H,35,36). The van der Waals surface area contributed by atoms with E-state index in [4.69, 9.17) is 16.3 Å². The van der Waals surface area contributed by atoms with Crippen LogP contribution in [0.1, 0.15) is 21.7 Å². The first kappa shape index (κ1) is 28.2. The number of carboxylic acid groups (broad SMARTS) is 1. The van der Waals surface area contributed by atoms with Gasteiger partial charge in [0.1, 0.15) is 35.0 Å². The molecule has 0 saturated carbocycles. The third-order valence-electron chi connectivity index (χ3n) is 6.32. The summed E-state index contributed by atoms with van der Waals surface area (Å²) in [7, 11) is -4.16. The molecule has 3 aromatic heterocycles. The summed E-state index contributed by atoms with van der Waals surface area (Å²) >= 11 is 7.49. The highest BCUT2D eigenvalue weighted by atomic mass is 35.5. The molecule has 3 heterocycles. The lowest BCUT2D eigenvalue weighted by molar-refractivity contribution is 0.0699. The van der Waals surface area contributed by atoms with Crippen LogP contribution in [0, 0.1) is 24.1 Å². The fourth-order valence-electron chi connectivity index (χ4n) is 4.55. The Kier molecular flexibility index (Phi) is 7.24. The summed E-state index contributed by atoms with van der Waals surface area (Å²) in [5, 5.41) is 20.8. The van der Waals surface area contributed by atoms with Crippen molar-refractivity contribution < 1.29 is 27.4 Å². The second-order valence-electron chi connectivity index (χ2n) is 8.94. The highest BCUT2D eigenvalue weighted by Crippen LogP contribution is 2.39. The number of hydrogen-bond donors (Lipinski definition) is 1. The number of halogens is 2. The van der Waals surface area contributed by atoms with Gasteiger partial charge in [-0.25, -0.2) is 22.6 Å². The van der Waals surface area contributed by atoms with Crippen molar-refractivity contribution in [2.45, 2.75) is 18.4 Å². The van der Waals surface area contributed by atoms with Gasteiger partial charge < -0.3 is 9.84 Å². The molecule has 0 unspecified atom stereocenters. The van der Waals surface area contributed by atoms with Crippen LogP contribution in [0.2, 0.25) is 5.02 Å². The summed E-state index contributed by atoms with van der Waals surface area (Å²) in [4.78, 5) is 32.6. The van der Waals surface area contributed by atoms with Crippen LogP contribution in [-0.2, 0) is 16.4 Å². The van der Waals surface area contributed by atoms with Crippen molar-refractivity contribution in [3.63, 3.8) is 0 Å². The van der Waals surface area contributed by atoms with Crippen molar-refractivity contribution >= 4 is 59.9 Å². The average molecular weight is 613 g/mol. The van der Waals surface area contributed by atoms with Crippen LogP contribution in [0.25, 0.3) is 32.2 Å². The number of nitriles is 1. The average Bonchev–Trinajstić information content (AvgIpc) is 3.34. The number of nitrogens with zero attached hydrogens (tertiary/aromatic N) is 4. The van der Waals surface area contributed by atoms with Crippen LogP contribution in [0.15, 0.2) is 51.6 Å². The summed E-state index contributed by atoms with van der Waals surface area (Å²) in [6.07, 6.45) is 2.25. The summed E-state index contributed by atoms with van der Waals surface area (Å²) in [5.41, 5.74) is 0.172. The van der Waals surface area contributed by atoms with Crippen LogP contribution >= 0.6 is 22.9 Å². The first-order chi connectivity index (χ1) is 19.4. The van der Waals surface area contributed by atoms with E-state index >= 15 is 0 Å². The predicted molar refractivity (Wildman–Crippen MR) is 151 cm³/mol. The molecular weight excluding hydrogens is 595 g/mol. The van der Waals surface area contributed by atoms with Crippen molar-refractivity contribution in [3.05, 3.63) is 80.1 Å². The number of rotatable bonds is 7. The molecule has 208 valence electrons. The van der Waals surface area contributed by atoms with Gasteiger partial charge in [0.25, 0.3) is 5.56 Å². The van der Waals surface area contributed by atoms with Gasteiger partial charge in [0, 0.05) is 40.0 Å². The molecule has 0 atom stereocenters. The minimum Gasteiger partial charge on any atom is -0.491 e. The van der Waals surface area contributed by atoms with E-state index < -0.39 is 37.6 Å². The van der Waals surface area contributed by atoms with Gasteiger partial charge in [-0.2, -0.15) is 5.26 Å². The second-order valence-corrected chi connectivity index (χ2v) is 12.2. The zero-order valence-electron chi connectivity index (χ0n) is 21.3. The van der Waals surface area contributed by atoms with E-state index in [1.54, 1.807) is 30.3 Å². The molecule has 0 spiro atoms. The van der Waals surface area contributed by atoms with Crippen LogP contribution in [0.4, 0.5) is 4.39 Å². The van der Waals surface area contributed by atoms with Gasteiger partial charge >= 0.3 is 5.97 Å². The molecule has 0 aliphatic rings. The summed E-state index contributed by atoms with van der Waals surface area (Å²) in [6, 6.07) is 9.12. The quantitative estimate of drug-likeness (QED) is 0.272. The van der Waals surface area contributed by atoms with Crippen molar-refractivity contribution in [2.75, 3.05) is 12.9 Å². The largest absolute Gasteiger partial charge is 0.491 e. The van der Waals surface area contributed by atoms with E-state index in [2.05, 4.69) is 9.97 Å². The van der Waals surface area contributed by atoms with Gasteiger partial charge in [-0.05, 0) is 31.2 Å². The normalized spacial score (nSPS) is 11.6. The van der Waals surface area contributed by atoms with E-state index in [0.29, 0.717) is 32.1 Å². The Morgan fingerprint density at radius 2 is 2.02 bits per heavy atom. The molecule has 0 fully saturated rings. The smallest absolute Gasteiger partial charge is 0.338 e. The van der Waals surface area contributed by atoms with Crippen molar-refractivity contribution in [1.29, 1.82) is 5.26 Å². The Morgan fingerprint density at radius 1 is 1.27 bits per heavy atom. The molecule has 41 heavy (non-hydrogen) atoms. The highest BCUT2D eigenvalue weighted by Gasteiger charge is 2.25. The molecular formula is C27H18ClFN4O6S2. The maximum absolute atomic E-state index is 14.6. The highest BCUT2D eigenvalue weighted by molar-refractivity contribution is 7.90. The number of pyridine rings is 1. The Hall–Kier alpha value is -4.38. The van der Waals surface area contributed by atoms with E-state index in [9.17, 15) is 32.8 Å². The van der Waals surface area contributed by atoms with Gasteiger partial charge in [0.2, 0.25) is 0 Å². The predicted octanol–water partition coefficient (Wildman–Crippen LogP) is 4.83. The Morgan fingerprint density at radius 3 is 2.71 bits per heavy atom. The van der Waals surface area contributed by atoms with Crippen molar-refractivity contribution in [2.24, 2.45) is 0 Å². The summed E-state index contributed by atoms with van der Waals surface area (Å²) in [6.45, 7) is 1.43. The van der Waals surface area contributed by atoms with Crippen LogP contribution in [0.5, 0.6) is 5.75 Å². The molecule has 0 amide bonds. The fraction of sp³-hybridized carbons (Fsp3) is 0.148. The number of sulfone groups is 1. The molecule has 5 aromatic rings. The zero-order valence-corrected chi connectivity index (χ0v) is 23.7. The molecule has 5 rings (SSSR count). The lowest BCUT2D eigenvalue weighted by Gasteiger charge is -2.16. The molecule has 0 bridgehead atoms.